The molecule has 0 spiro atoms. The minimum Gasteiger partial charge on any atom is -0.323 e. The molecular formula is C10H7Cl2F2N3. The van der Waals surface area contributed by atoms with Crippen LogP contribution in [0, 0.1) is 0 Å². The lowest BCUT2D eigenvalue weighted by molar-refractivity contribution is 0.146. The minimum absolute atomic E-state index is 0.200. The molecule has 2 aromatic rings. The van der Waals surface area contributed by atoms with Gasteiger partial charge in [0.1, 0.15) is 5.69 Å². The molecule has 0 aliphatic carbocycles. The normalized spacial score (nSPS) is 11.2. The Kier molecular flexibility index (Phi) is 3.33. The molecule has 0 saturated carbocycles. The van der Waals surface area contributed by atoms with E-state index in [-0.39, 0.29) is 10.5 Å². The molecule has 3 nitrogen and oxygen atoms in total. The Morgan fingerprint density at radius 2 is 1.94 bits per heavy atom. The van der Waals surface area contributed by atoms with Crippen LogP contribution in [-0.2, 0) is 0 Å². The predicted molar refractivity (Wildman–Crippen MR) is 64.5 cm³/mol. The van der Waals surface area contributed by atoms with Gasteiger partial charge in [-0.1, -0.05) is 23.2 Å². The van der Waals surface area contributed by atoms with Crippen molar-refractivity contribution in [1.29, 1.82) is 0 Å². The summed E-state index contributed by atoms with van der Waals surface area (Å²) in [4.78, 5) is 3.79. The summed E-state index contributed by atoms with van der Waals surface area (Å²) in [6.07, 6.45) is -2.70. The number of nitrogens with two attached hydrogens (primary N) is 1. The number of nitrogens with one attached hydrogen (secondary N) is 1. The van der Waals surface area contributed by atoms with Crippen molar-refractivity contribution in [2.24, 2.45) is 5.84 Å². The predicted octanol–water partition coefficient (Wildman–Crippen LogP) is 3.76. The monoisotopic (exact) mass is 277 g/mol. The zero-order chi connectivity index (χ0) is 12.6. The van der Waals surface area contributed by atoms with E-state index in [1.807, 2.05) is 0 Å². The molecule has 0 atom stereocenters. The number of hydrogen-bond donors (Lipinski definition) is 2. The summed E-state index contributed by atoms with van der Waals surface area (Å²) in [5, 5.41) is 1.08. The van der Waals surface area contributed by atoms with Crippen LogP contribution < -0.4 is 11.3 Å². The number of aromatic nitrogens is 1. The summed E-state index contributed by atoms with van der Waals surface area (Å²) in [7, 11) is 0. The number of pyridine rings is 1. The van der Waals surface area contributed by atoms with Gasteiger partial charge in [0, 0.05) is 10.4 Å². The third-order valence-corrected chi connectivity index (χ3v) is 2.74. The van der Waals surface area contributed by atoms with Crippen LogP contribution in [0.15, 0.2) is 18.2 Å². The second kappa shape index (κ2) is 4.60. The third-order valence-electron chi connectivity index (χ3n) is 2.23. The molecule has 0 aliphatic rings. The number of nitrogen functional groups attached to an aromatic ring is 1. The van der Waals surface area contributed by atoms with Crippen molar-refractivity contribution in [2.75, 3.05) is 5.43 Å². The van der Waals surface area contributed by atoms with Gasteiger partial charge in [-0.15, -0.1) is 0 Å². The lowest BCUT2D eigenvalue weighted by Gasteiger charge is -2.10. The zero-order valence-electron chi connectivity index (χ0n) is 8.35. The number of fused-ring (bicyclic) bond motifs is 1. The molecule has 1 aromatic heterocycles. The number of hydrogen-bond acceptors (Lipinski definition) is 3. The van der Waals surface area contributed by atoms with Crippen LogP contribution in [0.1, 0.15) is 12.1 Å². The maximum absolute atomic E-state index is 12.6. The number of benzene rings is 1. The molecule has 0 fully saturated rings. The van der Waals surface area contributed by atoms with Crippen LogP contribution in [-0.4, -0.2) is 4.98 Å². The number of hydrazine groups is 1. The smallest absolute Gasteiger partial charge is 0.280 e. The fourth-order valence-corrected chi connectivity index (χ4v) is 2.04. The minimum atomic E-state index is -2.70. The topological polar surface area (TPSA) is 50.9 Å². The summed E-state index contributed by atoms with van der Waals surface area (Å²) in [5.41, 5.74) is 2.47. The summed E-state index contributed by atoms with van der Waals surface area (Å²) in [6, 6.07) is 4.16. The van der Waals surface area contributed by atoms with E-state index < -0.39 is 12.1 Å². The van der Waals surface area contributed by atoms with Crippen molar-refractivity contribution in [2.45, 2.75) is 6.43 Å². The average molecular weight is 278 g/mol. The zero-order valence-corrected chi connectivity index (χ0v) is 9.86. The molecule has 0 aliphatic heterocycles. The summed E-state index contributed by atoms with van der Waals surface area (Å²) < 4.78 is 25.2. The van der Waals surface area contributed by atoms with Crippen molar-refractivity contribution in [3.63, 3.8) is 0 Å². The summed E-state index contributed by atoms with van der Waals surface area (Å²) in [6.45, 7) is 0. The molecule has 3 N–H and O–H groups in total. The Morgan fingerprint density at radius 3 is 2.53 bits per heavy atom. The first kappa shape index (κ1) is 12.3. The third kappa shape index (κ3) is 2.26. The summed E-state index contributed by atoms with van der Waals surface area (Å²) >= 11 is 11.7. The van der Waals surface area contributed by atoms with Gasteiger partial charge in [0.15, 0.2) is 0 Å². The molecule has 7 heteroatoms. The SMILES string of the molecule is NNc1cc(C(F)F)nc2c(Cl)cc(Cl)cc12. The van der Waals surface area contributed by atoms with Gasteiger partial charge in [0.05, 0.1) is 16.2 Å². The Labute approximate surface area is 105 Å². The highest BCUT2D eigenvalue weighted by Crippen LogP contribution is 2.33. The van der Waals surface area contributed by atoms with E-state index in [1.54, 1.807) is 6.07 Å². The molecule has 0 radical (unpaired) electrons. The standard InChI is InChI=1S/C10H7Cl2F2N3/c11-4-1-5-7(17-15)3-8(10(13)14)16-9(5)6(12)2-4/h1-3,10H,15H2,(H,16,17). The van der Waals surface area contributed by atoms with Gasteiger partial charge in [-0.3, -0.25) is 5.84 Å². The number of halogens is 4. The van der Waals surface area contributed by atoms with E-state index in [1.165, 1.54) is 12.1 Å². The second-order valence-electron chi connectivity index (χ2n) is 3.32. The van der Waals surface area contributed by atoms with Crippen LogP contribution in [0.4, 0.5) is 14.5 Å². The molecule has 1 aromatic carbocycles. The highest BCUT2D eigenvalue weighted by Gasteiger charge is 2.15. The van der Waals surface area contributed by atoms with E-state index in [2.05, 4.69) is 10.4 Å². The molecule has 90 valence electrons. The van der Waals surface area contributed by atoms with E-state index in [9.17, 15) is 8.78 Å². The van der Waals surface area contributed by atoms with Gasteiger partial charge >= 0.3 is 0 Å². The first-order valence-corrected chi connectivity index (χ1v) is 5.33. The van der Waals surface area contributed by atoms with Crippen molar-refractivity contribution in [3.8, 4) is 0 Å². The fraction of sp³-hybridized carbons (Fsp3) is 0.100. The number of alkyl halides is 2. The number of anilines is 1. The Bertz CT molecular complexity index is 575. The fourth-order valence-electron chi connectivity index (χ4n) is 1.50. The van der Waals surface area contributed by atoms with E-state index >= 15 is 0 Å². The largest absolute Gasteiger partial charge is 0.323 e. The van der Waals surface area contributed by atoms with E-state index in [4.69, 9.17) is 29.0 Å². The quantitative estimate of drug-likeness (QED) is 0.649. The van der Waals surface area contributed by atoms with Crippen molar-refractivity contribution < 1.29 is 8.78 Å². The lowest BCUT2D eigenvalue weighted by atomic mass is 10.1. The van der Waals surface area contributed by atoms with Crippen LogP contribution in [0.5, 0.6) is 0 Å². The molecule has 0 bridgehead atoms. The highest BCUT2D eigenvalue weighted by molar-refractivity contribution is 6.38. The van der Waals surface area contributed by atoms with Crippen LogP contribution in [0.2, 0.25) is 10.0 Å². The van der Waals surface area contributed by atoms with Crippen LogP contribution >= 0.6 is 23.2 Å². The average Bonchev–Trinajstić information content (AvgIpc) is 2.27. The first-order valence-electron chi connectivity index (χ1n) is 4.57. The van der Waals surface area contributed by atoms with E-state index in [0.717, 1.165) is 0 Å². The van der Waals surface area contributed by atoms with Gasteiger partial charge in [-0.2, -0.15) is 0 Å². The second-order valence-corrected chi connectivity index (χ2v) is 4.17. The maximum atomic E-state index is 12.6. The molecular weight excluding hydrogens is 271 g/mol. The highest BCUT2D eigenvalue weighted by atomic mass is 35.5. The molecule has 1 heterocycles. The Balaban J connectivity index is 2.82. The molecule has 17 heavy (non-hydrogen) atoms. The number of nitrogens with zero attached hydrogens (tertiary/aromatic N) is 1. The van der Waals surface area contributed by atoms with E-state index in [0.29, 0.717) is 16.1 Å². The lowest BCUT2D eigenvalue weighted by Crippen LogP contribution is -2.08. The van der Waals surface area contributed by atoms with Gasteiger partial charge in [0.2, 0.25) is 0 Å². The van der Waals surface area contributed by atoms with Gasteiger partial charge in [-0.25, -0.2) is 13.8 Å². The molecule has 2 rings (SSSR count). The number of rotatable bonds is 2. The molecule has 0 amide bonds. The van der Waals surface area contributed by atoms with Crippen molar-refractivity contribution in [1.82, 2.24) is 4.98 Å². The summed E-state index contributed by atoms with van der Waals surface area (Å²) in [5.74, 6) is 5.28. The first-order chi connectivity index (χ1) is 8.02. The van der Waals surface area contributed by atoms with Gasteiger partial charge in [-0.05, 0) is 18.2 Å². The Hall–Kier alpha value is -1.17. The Morgan fingerprint density at radius 1 is 1.24 bits per heavy atom. The molecule has 0 saturated heterocycles. The molecule has 0 unspecified atom stereocenters. The van der Waals surface area contributed by atoms with Gasteiger partial charge < -0.3 is 5.43 Å². The van der Waals surface area contributed by atoms with Crippen molar-refractivity contribution >= 4 is 39.8 Å². The van der Waals surface area contributed by atoms with Crippen LogP contribution in [0.25, 0.3) is 10.9 Å². The van der Waals surface area contributed by atoms with Crippen molar-refractivity contribution in [3.05, 3.63) is 33.9 Å². The van der Waals surface area contributed by atoms with Crippen LogP contribution in [0.3, 0.4) is 0 Å². The maximum Gasteiger partial charge on any atom is 0.280 e. The van der Waals surface area contributed by atoms with Gasteiger partial charge in [0.25, 0.3) is 6.43 Å².